The molecule has 3 aliphatic rings. The van der Waals surface area contributed by atoms with Crippen LogP contribution in [-0.4, -0.2) is 58.7 Å². The van der Waals surface area contributed by atoms with Gasteiger partial charge in [0.25, 0.3) is 0 Å². The predicted molar refractivity (Wildman–Crippen MR) is 145 cm³/mol. The number of piperidine rings is 2. The number of carbonyl (C=O) groups excluding carboxylic acids is 3. The zero-order chi connectivity index (χ0) is 27.7. The molecule has 1 unspecified atom stereocenters. The Bertz CT molecular complexity index is 1270. The maximum atomic E-state index is 12.6. The second-order valence-corrected chi connectivity index (χ2v) is 12.4. The van der Waals surface area contributed by atoms with Crippen molar-refractivity contribution in [3.8, 4) is 0 Å². The number of hydrogen-bond acceptors (Lipinski definition) is 7. The third-order valence-electron chi connectivity index (χ3n) is 8.30. The molecule has 0 spiro atoms. The number of hydrogen-bond donors (Lipinski definition) is 2. The van der Waals surface area contributed by atoms with Crippen molar-refractivity contribution < 1.29 is 23.5 Å². The zero-order valence-electron chi connectivity index (χ0n) is 23.2. The van der Waals surface area contributed by atoms with Gasteiger partial charge in [0.2, 0.25) is 11.8 Å². The Labute approximate surface area is 228 Å². The monoisotopic (exact) mass is 540 g/mol. The summed E-state index contributed by atoms with van der Waals surface area (Å²) < 4.78 is 12.3. The Hall–Kier alpha value is -3.14. The predicted octanol–water partition coefficient (Wildman–Crippen LogP) is 3.84. The van der Waals surface area contributed by atoms with Gasteiger partial charge in [-0.25, -0.2) is 9.59 Å². The Morgan fingerprint density at radius 3 is 2.44 bits per heavy atom. The molecular weight excluding hydrogens is 500 g/mol. The number of nitrogens with zero attached hydrogens (tertiary/aromatic N) is 2. The van der Waals surface area contributed by atoms with Crippen LogP contribution in [0.3, 0.4) is 0 Å². The van der Waals surface area contributed by atoms with Gasteiger partial charge in [0.05, 0.1) is 5.52 Å². The fourth-order valence-corrected chi connectivity index (χ4v) is 6.31. The zero-order valence-corrected chi connectivity index (χ0v) is 23.2. The van der Waals surface area contributed by atoms with Crippen molar-refractivity contribution in [1.82, 2.24) is 20.1 Å². The molecule has 3 amide bonds. The SMILES string of the molecule is CC(C)(C)OC(=O)N[C@H]1CC[C@H](CN2CCC(c3ccc4c(c3)oc(=O)n4C3CCC(=O)NC3=O)CC2)CC1. The first kappa shape index (κ1) is 27.4. The van der Waals surface area contributed by atoms with Gasteiger partial charge in [-0.15, -0.1) is 0 Å². The highest BCUT2D eigenvalue weighted by Crippen LogP contribution is 2.33. The van der Waals surface area contributed by atoms with Crippen LogP contribution in [0.5, 0.6) is 0 Å². The van der Waals surface area contributed by atoms with Gasteiger partial charge >= 0.3 is 11.8 Å². The standard InChI is InChI=1S/C29H40N4O6/c1-29(2,3)39-27(36)30-21-7-4-18(5-8-21)17-32-14-12-19(13-15-32)20-6-9-22-24(16-20)38-28(37)33(22)23-10-11-25(34)31-26(23)35/h6,9,16,18-19,21,23H,4-5,7-8,10-15,17H2,1-3H3,(H,30,36)(H,31,34,35)/t18-,21-,23?. The molecule has 5 rings (SSSR count). The van der Waals surface area contributed by atoms with Gasteiger partial charge < -0.3 is 19.4 Å². The van der Waals surface area contributed by atoms with E-state index in [1.165, 1.54) is 4.57 Å². The summed E-state index contributed by atoms with van der Waals surface area (Å²) in [5.74, 6) is -0.295. The minimum Gasteiger partial charge on any atom is -0.444 e. The van der Waals surface area contributed by atoms with Gasteiger partial charge in [0, 0.05) is 19.0 Å². The van der Waals surface area contributed by atoms with Crippen LogP contribution in [0.15, 0.2) is 27.4 Å². The van der Waals surface area contributed by atoms with Gasteiger partial charge in [-0.3, -0.25) is 19.5 Å². The number of likely N-dealkylation sites (tertiary alicyclic amines) is 1. The molecule has 1 atom stereocenters. The van der Waals surface area contributed by atoms with E-state index in [0.29, 0.717) is 29.4 Å². The number of imide groups is 1. The van der Waals surface area contributed by atoms with E-state index < -0.39 is 23.3 Å². The summed E-state index contributed by atoms with van der Waals surface area (Å²) in [7, 11) is 0. The maximum absolute atomic E-state index is 12.6. The number of alkyl carbamates (subject to hydrolysis) is 1. The van der Waals surface area contributed by atoms with Gasteiger partial charge in [-0.1, -0.05) is 6.07 Å². The molecular formula is C29H40N4O6. The molecule has 3 heterocycles. The highest BCUT2D eigenvalue weighted by Gasteiger charge is 2.32. The molecule has 0 radical (unpaired) electrons. The second kappa shape index (κ2) is 11.2. The lowest BCUT2D eigenvalue weighted by molar-refractivity contribution is -0.135. The number of aromatic nitrogens is 1. The van der Waals surface area contributed by atoms with Crippen LogP contribution in [0, 0.1) is 5.92 Å². The number of ether oxygens (including phenoxy) is 1. The summed E-state index contributed by atoms with van der Waals surface area (Å²) >= 11 is 0. The quantitative estimate of drug-likeness (QED) is 0.553. The van der Waals surface area contributed by atoms with Crippen molar-refractivity contribution in [2.45, 2.75) is 95.7 Å². The lowest BCUT2D eigenvalue weighted by Gasteiger charge is -2.37. The third kappa shape index (κ3) is 6.54. The van der Waals surface area contributed by atoms with Crippen molar-refractivity contribution in [2.24, 2.45) is 5.92 Å². The number of amides is 3. The first-order chi connectivity index (χ1) is 18.6. The highest BCUT2D eigenvalue weighted by atomic mass is 16.6. The van der Waals surface area contributed by atoms with E-state index in [1.807, 2.05) is 39.0 Å². The van der Waals surface area contributed by atoms with Gasteiger partial charge in [-0.05, 0) is 108 Å². The van der Waals surface area contributed by atoms with E-state index in [2.05, 4.69) is 15.5 Å². The minimum atomic E-state index is -0.728. The van der Waals surface area contributed by atoms with Crippen LogP contribution in [-0.2, 0) is 14.3 Å². The van der Waals surface area contributed by atoms with Crippen molar-refractivity contribution in [1.29, 1.82) is 0 Å². The van der Waals surface area contributed by atoms with E-state index in [-0.39, 0.29) is 24.5 Å². The molecule has 1 aliphatic carbocycles. The molecule has 1 saturated carbocycles. The summed E-state index contributed by atoms with van der Waals surface area (Å²) in [6.45, 7) is 8.78. The first-order valence-electron chi connectivity index (χ1n) is 14.3. The van der Waals surface area contributed by atoms with Gasteiger partial charge in [0.15, 0.2) is 5.58 Å². The molecule has 2 aromatic rings. The lowest BCUT2D eigenvalue weighted by atomic mass is 9.84. The van der Waals surface area contributed by atoms with Crippen LogP contribution >= 0.6 is 0 Å². The summed E-state index contributed by atoms with van der Waals surface area (Å²) in [4.78, 5) is 51.1. The number of oxazole rings is 1. The van der Waals surface area contributed by atoms with Gasteiger partial charge in [-0.2, -0.15) is 0 Å². The highest BCUT2D eigenvalue weighted by molar-refractivity contribution is 6.00. The van der Waals surface area contributed by atoms with E-state index in [4.69, 9.17) is 9.15 Å². The fourth-order valence-electron chi connectivity index (χ4n) is 6.31. The van der Waals surface area contributed by atoms with Crippen LogP contribution in [0.1, 0.15) is 89.7 Å². The Morgan fingerprint density at radius 1 is 1.05 bits per heavy atom. The average molecular weight is 541 g/mol. The molecule has 3 fully saturated rings. The van der Waals surface area contributed by atoms with E-state index in [1.54, 1.807) is 0 Å². The van der Waals surface area contributed by atoms with Crippen molar-refractivity contribution >= 4 is 29.0 Å². The number of carbonyl (C=O) groups is 3. The smallest absolute Gasteiger partial charge is 0.420 e. The summed E-state index contributed by atoms with van der Waals surface area (Å²) in [6, 6.07) is 5.32. The van der Waals surface area contributed by atoms with Gasteiger partial charge in [0.1, 0.15) is 11.6 Å². The molecule has 1 aromatic heterocycles. The molecule has 1 aromatic carbocycles. The Morgan fingerprint density at radius 2 is 1.77 bits per heavy atom. The summed E-state index contributed by atoms with van der Waals surface area (Å²) in [6.07, 6.45) is 6.46. The third-order valence-corrected chi connectivity index (χ3v) is 8.30. The molecule has 212 valence electrons. The molecule has 2 saturated heterocycles. The topological polar surface area (TPSA) is 123 Å². The largest absolute Gasteiger partial charge is 0.444 e. The molecule has 39 heavy (non-hydrogen) atoms. The number of rotatable bonds is 5. The number of fused-ring (bicyclic) bond motifs is 1. The normalized spacial score (nSPS) is 25.5. The fraction of sp³-hybridized carbons (Fsp3) is 0.655. The number of nitrogens with one attached hydrogen (secondary N) is 2. The average Bonchev–Trinajstić information content (AvgIpc) is 3.19. The van der Waals surface area contributed by atoms with E-state index >= 15 is 0 Å². The Kier molecular flexibility index (Phi) is 7.84. The molecule has 10 heteroatoms. The van der Waals surface area contributed by atoms with E-state index in [0.717, 1.165) is 63.7 Å². The maximum Gasteiger partial charge on any atom is 0.420 e. The van der Waals surface area contributed by atoms with Crippen molar-refractivity contribution in [2.75, 3.05) is 19.6 Å². The van der Waals surface area contributed by atoms with Crippen molar-refractivity contribution in [3.05, 3.63) is 34.3 Å². The second-order valence-electron chi connectivity index (χ2n) is 12.4. The molecule has 2 aliphatic heterocycles. The molecule has 2 N–H and O–H groups in total. The van der Waals surface area contributed by atoms with Crippen LogP contribution in [0.4, 0.5) is 4.79 Å². The Balaban J connectivity index is 1.12. The summed E-state index contributed by atoms with van der Waals surface area (Å²) in [5.41, 5.74) is 1.75. The summed E-state index contributed by atoms with van der Waals surface area (Å²) in [5, 5.41) is 5.34. The lowest BCUT2D eigenvalue weighted by Crippen LogP contribution is -2.43. The van der Waals surface area contributed by atoms with Crippen molar-refractivity contribution in [3.63, 3.8) is 0 Å². The van der Waals surface area contributed by atoms with Crippen LogP contribution < -0.4 is 16.4 Å². The van der Waals surface area contributed by atoms with E-state index in [9.17, 15) is 19.2 Å². The van der Waals surface area contributed by atoms with Crippen LogP contribution in [0.2, 0.25) is 0 Å². The molecule has 10 nitrogen and oxygen atoms in total. The first-order valence-corrected chi connectivity index (χ1v) is 14.3. The van der Waals surface area contributed by atoms with Crippen LogP contribution in [0.25, 0.3) is 11.1 Å². The minimum absolute atomic E-state index is 0.196. The molecule has 0 bridgehead atoms. The number of benzene rings is 1.